The van der Waals surface area contributed by atoms with Gasteiger partial charge in [-0.05, 0) is 98.5 Å². The number of hydrogen-bond acceptors (Lipinski definition) is 15. The number of fused-ring (bicyclic) bond motifs is 1. The Morgan fingerprint density at radius 3 is 2.45 bits per heavy atom. The van der Waals surface area contributed by atoms with Gasteiger partial charge in [0.15, 0.2) is 17.7 Å². The number of unbranched alkanes of at least 4 members (excludes halogenated alkanes) is 1. The summed E-state index contributed by atoms with van der Waals surface area (Å²) in [6.45, 7) is 16.5. The topological polar surface area (TPSA) is 217 Å². The van der Waals surface area contributed by atoms with Crippen LogP contribution in [0.1, 0.15) is 93.9 Å². The summed E-state index contributed by atoms with van der Waals surface area (Å²) in [7, 11) is 5.27. The number of aliphatic hydroxyl groups is 1. The first-order valence-corrected chi connectivity index (χ1v) is 22.2. The average molecular weight is 869 g/mol. The molecule has 4 rings (SSSR count). The number of nitriles is 1. The van der Waals surface area contributed by atoms with Crippen molar-refractivity contribution < 1.29 is 43.2 Å². The van der Waals surface area contributed by atoms with Crippen molar-refractivity contribution in [3.8, 4) is 17.3 Å². The van der Waals surface area contributed by atoms with Gasteiger partial charge in [-0.1, -0.05) is 45.0 Å². The number of nitrogen functional groups attached to an aromatic ring is 1. The van der Waals surface area contributed by atoms with Crippen LogP contribution in [0.15, 0.2) is 30.5 Å². The fourth-order valence-electron chi connectivity index (χ4n) is 9.45. The molecular formula is C45H72N8O9. The molecule has 346 valence electrons. The Labute approximate surface area is 367 Å². The second-order valence-electron chi connectivity index (χ2n) is 17.7. The maximum atomic E-state index is 14.7. The third-order valence-electron chi connectivity index (χ3n) is 12.8. The van der Waals surface area contributed by atoms with E-state index in [9.17, 15) is 24.8 Å². The zero-order valence-electron chi connectivity index (χ0n) is 38.7. The van der Waals surface area contributed by atoms with Gasteiger partial charge in [0.1, 0.15) is 23.8 Å². The Bertz CT molecular complexity index is 1820. The zero-order chi connectivity index (χ0) is 45.9. The number of carbonyl (C=O) groups is 3. The van der Waals surface area contributed by atoms with Gasteiger partial charge in [0, 0.05) is 56.1 Å². The van der Waals surface area contributed by atoms with Crippen LogP contribution in [0.25, 0.3) is 11.3 Å². The molecule has 0 spiro atoms. The Morgan fingerprint density at radius 1 is 1.13 bits per heavy atom. The molecule has 0 saturated carbocycles. The number of nitrogens with one attached hydrogen (secondary N) is 1. The van der Waals surface area contributed by atoms with Crippen LogP contribution < -0.4 is 11.1 Å². The lowest BCUT2D eigenvalue weighted by Gasteiger charge is -2.44. The number of nitrogens with zero attached hydrogens (tertiary/aromatic N) is 6. The average Bonchev–Trinajstić information content (AvgIpc) is 3.81. The highest BCUT2D eigenvalue weighted by Gasteiger charge is 2.59. The van der Waals surface area contributed by atoms with E-state index in [-0.39, 0.29) is 31.0 Å². The molecule has 2 aromatic rings. The van der Waals surface area contributed by atoms with Gasteiger partial charge in [-0.15, -0.1) is 5.10 Å². The van der Waals surface area contributed by atoms with Crippen LogP contribution >= 0.6 is 0 Å². The Balaban J connectivity index is 1.66. The molecule has 0 radical (unpaired) electrons. The normalized spacial score (nSPS) is 30.4. The van der Waals surface area contributed by atoms with E-state index in [1.54, 1.807) is 37.5 Å². The lowest BCUT2D eigenvalue weighted by atomic mass is 9.78. The number of esters is 1. The maximum Gasteiger partial charge on any atom is 0.410 e. The second kappa shape index (κ2) is 22.4. The van der Waals surface area contributed by atoms with E-state index >= 15 is 0 Å². The first kappa shape index (κ1) is 50.5. The number of carbonyl (C=O) groups excluding carboxylic acids is 3. The van der Waals surface area contributed by atoms with Crippen molar-refractivity contribution in [2.45, 2.75) is 154 Å². The molecule has 12 atom stereocenters. The Hall–Kier alpha value is -4.18. The second-order valence-corrected chi connectivity index (χ2v) is 17.7. The number of aryl methyl sites for hydroxylation is 1. The van der Waals surface area contributed by atoms with Gasteiger partial charge >= 0.3 is 12.1 Å². The molecule has 1 aromatic carbocycles. The monoisotopic (exact) mass is 869 g/mol. The third kappa shape index (κ3) is 11.7. The molecule has 17 heteroatoms. The molecule has 1 amide bonds. The highest BCUT2D eigenvalue weighted by Crippen LogP contribution is 2.40. The van der Waals surface area contributed by atoms with E-state index in [4.69, 9.17) is 29.4 Å². The highest BCUT2D eigenvalue weighted by atomic mass is 16.7. The fourth-order valence-corrected chi connectivity index (χ4v) is 9.45. The number of nitrogens with two attached hydrogens (primary N) is 1. The van der Waals surface area contributed by atoms with Crippen LogP contribution in [0.3, 0.4) is 0 Å². The molecule has 0 bridgehead atoms. The molecule has 1 aromatic heterocycles. The minimum absolute atomic E-state index is 0.0750. The van der Waals surface area contributed by atoms with Crippen molar-refractivity contribution in [2.24, 2.45) is 17.8 Å². The number of benzene rings is 1. The number of Topliss-reactive ketones (excluding diaryl/α,β-unsaturated/α-hetero) is 1. The molecular weight excluding hydrogens is 797 g/mol. The molecule has 0 aliphatic carbocycles. The molecule has 2 fully saturated rings. The van der Waals surface area contributed by atoms with Crippen molar-refractivity contribution in [3.05, 3.63) is 30.5 Å². The molecule has 17 nitrogen and oxygen atoms in total. The van der Waals surface area contributed by atoms with E-state index in [1.165, 1.54) is 0 Å². The van der Waals surface area contributed by atoms with Gasteiger partial charge in [0.05, 0.1) is 36.4 Å². The SMILES string of the molecule is CCO[C@@H](O[C@@H]1[C@@H](C)C(=O)[C@@H](CC#N)C(=O)O[C@H](CC)[C@@]2(C)OC(=O)N(CCCCn3cc(-c4cccc(N)c4)nn3)[C@@H]2[C@@H](C)NC[C@H](C)C[C@@]1(C)OC)C(O)C(CC)N(C)C. The standard InChI is InChI=1S/C45H72N8O9/c1-12-35(51(9)10)38(55)42(59-14-3)61-40-29(5)37(54)33(20-21-46)41(56)60-36(13-2)45(8)39(30(6)48-26-28(4)25-44(40,7)58-11)53(43(57)62-45)23-16-15-22-52-27-34(49-50-52)31-18-17-19-32(47)24-31/h17-19,24,27-30,33,35-36,38-40,42,48,55H,12-16,20,22-23,25-26,47H2,1-11H3/t28-,29+,30-,33-,35?,36-,38?,39-,40-,42+,44-,45-/m1/s1. The summed E-state index contributed by atoms with van der Waals surface area (Å²) in [5, 5.41) is 33.9. The number of ether oxygens (including phenoxy) is 5. The van der Waals surface area contributed by atoms with E-state index in [1.807, 2.05) is 83.2 Å². The van der Waals surface area contributed by atoms with Gasteiger partial charge in [-0.25, -0.2) is 4.79 Å². The van der Waals surface area contributed by atoms with Crippen molar-refractivity contribution >= 4 is 23.5 Å². The smallest absolute Gasteiger partial charge is 0.410 e. The third-order valence-corrected chi connectivity index (χ3v) is 12.8. The van der Waals surface area contributed by atoms with E-state index in [2.05, 4.69) is 22.6 Å². The fraction of sp³-hybridized carbons (Fsp3) is 0.733. The number of aliphatic hydroxyl groups excluding tert-OH is 1. The minimum atomic E-state index is -1.48. The van der Waals surface area contributed by atoms with Crippen molar-refractivity contribution in [1.29, 1.82) is 5.26 Å². The summed E-state index contributed by atoms with van der Waals surface area (Å²) in [4.78, 5) is 46.4. The Kier molecular flexibility index (Phi) is 18.3. The molecule has 2 saturated heterocycles. The lowest BCUT2D eigenvalue weighted by molar-refractivity contribution is -0.266. The van der Waals surface area contributed by atoms with Crippen LogP contribution in [0.2, 0.25) is 0 Å². The van der Waals surface area contributed by atoms with E-state index in [0.717, 1.165) is 5.56 Å². The van der Waals surface area contributed by atoms with Gasteiger partial charge < -0.3 is 44.7 Å². The quantitative estimate of drug-likeness (QED) is 0.0639. The van der Waals surface area contributed by atoms with Crippen LogP contribution in [0, 0.1) is 29.1 Å². The lowest BCUT2D eigenvalue weighted by Crippen LogP contribution is -2.61. The number of rotatable bonds is 17. The summed E-state index contributed by atoms with van der Waals surface area (Å²) in [5.74, 6) is -4.04. The molecule has 3 heterocycles. The number of hydrogen-bond donors (Lipinski definition) is 3. The van der Waals surface area contributed by atoms with E-state index in [0.29, 0.717) is 56.7 Å². The van der Waals surface area contributed by atoms with Gasteiger partial charge in [-0.2, -0.15) is 5.26 Å². The number of aromatic nitrogens is 3. The molecule has 62 heavy (non-hydrogen) atoms. The molecule has 2 aliphatic rings. The first-order chi connectivity index (χ1) is 29.4. The van der Waals surface area contributed by atoms with Gasteiger partial charge in [0.25, 0.3) is 0 Å². The number of cyclic esters (lactones) is 1. The highest BCUT2D eigenvalue weighted by molar-refractivity contribution is 6.00. The zero-order valence-corrected chi connectivity index (χ0v) is 38.7. The Morgan fingerprint density at radius 2 is 1.84 bits per heavy atom. The van der Waals surface area contributed by atoms with Crippen molar-refractivity contribution in [1.82, 2.24) is 30.1 Å². The summed E-state index contributed by atoms with van der Waals surface area (Å²) in [6.07, 6.45) is -0.798. The molecule has 4 N–H and O–H groups in total. The summed E-state index contributed by atoms with van der Waals surface area (Å²) < 4.78 is 33.2. The maximum absolute atomic E-state index is 14.7. The number of ketones is 1. The molecule has 2 unspecified atom stereocenters. The number of methoxy groups -OCH3 is 1. The van der Waals surface area contributed by atoms with Crippen LogP contribution in [-0.4, -0.2) is 143 Å². The van der Waals surface area contributed by atoms with E-state index < -0.39 is 77.9 Å². The summed E-state index contributed by atoms with van der Waals surface area (Å²) in [5.41, 5.74) is 5.72. The first-order valence-electron chi connectivity index (χ1n) is 22.2. The summed E-state index contributed by atoms with van der Waals surface area (Å²) >= 11 is 0. The van der Waals surface area contributed by atoms with Crippen molar-refractivity contribution in [3.63, 3.8) is 0 Å². The number of likely N-dealkylation sites (N-methyl/N-ethyl adjacent to an activating group) is 1. The molecule has 2 aliphatic heterocycles. The predicted octanol–water partition coefficient (Wildman–Crippen LogP) is 4.82. The largest absolute Gasteiger partial charge is 0.457 e. The van der Waals surface area contributed by atoms with Crippen LogP contribution in [0.5, 0.6) is 0 Å². The predicted molar refractivity (Wildman–Crippen MR) is 233 cm³/mol. The number of amides is 1. The van der Waals surface area contributed by atoms with Crippen molar-refractivity contribution in [2.75, 3.05) is 46.6 Å². The summed E-state index contributed by atoms with van der Waals surface area (Å²) in [6, 6.07) is 8.20. The minimum Gasteiger partial charge on any atom is -0.457 e. The van der Waals surface area contributed by atoms with Crippen LogP contribution in [0.4, 0.5) is 10.5 Å². The van der Waals surface area contributed by atoms with Crippen LogP contribution in [-0.2, 0) is 39.8 Å². The van der Waals surface area contributed by atoms with Gasteiger partial charge in [0.2, 0.25) is 0 Å². The van der Waals surface area contributed by atoms with Gasteiger partial charge in [-0.3, -0.25) is 19.2 Å². The number of anilines is 1.